The number of nitrogens with two attached hydrogens (primary N) is 1. The second-order valence-electron chi connectivity index (χ2n) is 9.56. The third kappa shape index (κ3) is 4.63. The maximum atomic E-state index is 13.6. The van der Waals surface area contributed by atoms with Crippen LogP contribution in [0.3, 0.4) is 0 Å². The Morgan fingerprint density at radius 2 is 1.91 bits per heavy atom. The number of allylic oxidation sites excluding steroid dienone is 2. The van der Waals surface area contributed by atoms with Gasteiger partial charge in [-0.2, -0.15) is 0 Å². The van der Waals surface area contributed by atoms with E-state index < -0.39 is 35.0 Å². The summed E-state index contributed by atoms with van der Waals surface area (Å²) in [6, 6.07) is 1.01. The van der Waals surface area contributed by atoms with Crippen LogP contribution < -0.4 is 10.6 Å². The average Bonchev–Trinajstić information content (AvgIpc) is 2.75. The second kappa shape index (κ2) is 10.1. The van der Waals surface area contributed by atoms with E-state index in [1.54, 1.807) is 25.1 Å². The molecule has 0 aliphatic heterocycles. The number of hydrogen-bond acceptors (Lipinski definition) is 9. The lowest BCUT2D eigenvalue weighted by Gasteiger charge is -2.40. The molecule has 2 aliphatic rings. The number of phenolic OH excluding ortho intramolecular Hbond substituents is 1. The van der Waals surface area contributed by atoms with Crippen LogP contribution in [0.2, 0.25) is 0 Å². The maximum absolute atomic E-state index is 13.6. The first-order chi connectivity index (χ1) is 16.4. The van der Waals surface area contributed by atoms with E-state index in [9.17, 15) is 29.7 Å². The fourth-order valence-corrected chi connectivity index (χ4v) is 5.45. The molecule has 2 unspecified atom stereocenters. The molecule has 3 rings (SSSR count). The Morgan fingerprint density at radius 1 is 1.26 bits per heavy atom. The molecule has 0 heterocycles. The number of carbonyl (C=O) groups excluding carboxylic acids is 3. The molecule has 0 saturated carbocycles. The van der Waals surface area contributed by atoms with E-state index in [0.717, 1.165) is 5.69 Å². The smallest absolute Gasteiger partial charge is 0.255 e. The number of amides is 1. The van der Waals surface area contributed by atoms with Crippen molar-refractivity contribution >= 4 is 23.7 Å². The molecular formula is C25H33N3O7. The fraction of sp³-hybridized carbons (Fsp3) is 0.480. The predicted molar refractivity (Wildman–Crippen MR) is 129 cm³/mol. The van der Waals surface area contributed by atoms with Crippen molar-refractivity contribution in [1.82, 2.24) is 4.90 Å². The topological polar surface area (TPSA) is 154 Å². The Morgan fingerprint density at radius 3 is 2.43 bits per heavy atom. The van der Waals surface area contributed by atoms with Gasteiger partial charge in [0, 0.05) is 44.4 Å². The summed E-state index contributed by atoms with van der Waals surface area (Å²) in [4.78, 5) is 40.2. The highest BCUT2D eigenvalue weighted by Crippen LogP contribution is 2.48. The van der Waals surface area contributed by atoms with Crippen molar-refractivity contribution in [2.24, 2.45) is 17.6 Å². The van der Waals surface area contributed by atoms with Crippen molar-refractivity contribution in [3.05, 3.63) is 45.4 Å². The number of ether oxygens (including phenoxy) is 1. The second-order valence-corrected chi connectivity index (χ2v) is 9.56. The normalized spacial score (nSPS) is 21.3. The van der Waals surface area contributed by atoms with Crippen molar-refractivity contribution in [3.63, 3.8) is 0 Å². The lowest BCUT2D eigenvalue weighted by Crippen LogP contribution is -2.43. The average molecular weight is 488 g/mol. The quantitative estimate of drug-likeness (QED) is 0.141. The number of aliphatic hydroxyl groups excluding tert-OH is 2. The van der Waals surface area contributed by atoms with Gasteiger partial charge in [-0.05, 0) is 50.4 Å². The molecule has 10 nitrogen and oxygen atoms in total. The van der Waals surface area contributed by atoms with Crippen LogP contribution >= 0.6 is 0 Å². The molecule has 5 N–H and O–H groups in total. The van der Waals surface area contributed by atoms with Crippen LogP contribution in [0, 0.1) is 11.8 Å². The molecule has 10 heteroatoms. The van der Waals surface area contributed by atoms with Crippen LogP contribution in [0.1, 0.15) is 34.3 Å². The number of rotatable bonds is 8. The minimum Gasteiger partial charge on any atom is -0.512 e. The Kier molecular flexibility index (Phi) is 7.56. The van der Waals surface area contributed by atoms with Crippen LogP contribution in [0.4, 0.5) is 5.69 Å². The summed E-state index contributed by atoms with van der Waals surface area (Å²) in [5, 5.41) is 32.7. The Hall–Kier alpha value is -3.37. The third-order valence-corrected chi connectivity index (χ3v) is 6.87. The number of phenols is 1. The van der Waals surface area contributed by atoms with E-state index in [4.69, 9.17) is 10.5 Å². The monoisotopic (exact) mass is 487 g/mol. The van der Waals surface area contributed by atoms with Crippen molar-refractivity contribution in [2.45, 2.75) is 31.9 Å². The molecule has 1 aromatic carbocycles. The maximum Gasteiger partial charge on any atom is 0.255 e. The summed E-state index contributed by atoms with van der Waals surface area (Å²) in [6.07, 6.45) is 1.05. The van der Waals surface area contributed by atoms with Crippen LogP contribution in [-0.2, 0) is 27.4 Å². The molecule has 0 saturated heterocycles. The van der Waals surface area contributed by atoms with Gasteiger partial charge >= 0.3 is 0 Å². The van der Waals surface area contributed by atoms with Crippen molar-refractivity contribution in [2.75, 3.05) is 40.2 Å². The highest BCUT2D eigenvalue weighted by molar-refractivity contribution is 6.14. The van der Waals surface area contributed by atoms with Gasteiger partial charge in [-0.15, -0.1) is 0 Å². The molecule has 35 heavy (non-hydrogen) atoms. The lowest BCUT2D eigenvalue weighted by molar-refractivity contribution is -0.117. The van der Waals surface area contributed by atoms with Crippen molar-refractivity contribution in [3.8, 4) is 5.75 Å². The number of hydrogen-bond donors (Lipinski definition) is 4. The zero-order valence-electron chi connectivity index (χ0n) is 20.7. The van der Waals surface area contributed by atoms with Gasteiger partial charge in [0.05, 0.1) is 24.0 Å². The number of carbonyl (C=O) groups is 3. The highest BCUT2D eigenvalue weighted by Gasteiger charge is 2.44. The Bertz CT molecular complexity index is 1120. The number of aldehydes is 1. The SMILES string of the molecule is COCc1cc(N(C)C)c2c(c1O)C(=O)C1=C(O)CC([C@@H](/C(O)=C(\C=O)C(N)=O)N(C)C)CC1C2. The van der Waals surface area contributed by atoms with E-state index in [2.05, 4.69) is 0 Å². The number of anilines is 1. The van der Waals surface area contributed by atoms with Gasteiger partial charge in [0.25, 0.3) is 5.91 Å². The molecule has 0 aromatic heterocycles. The molecule has 0 radical (unpaired) electrons. The number of nitrogens with zero attached hydrogens (tertiary/aromatic N) is 2. The van der Waals surface area contributed by atoms with E-state index in [0.29, 0.717) is 24.0 Å². The van der Waals surface area contributed by atoms with Crippen LogP contribution in [0.5, 0.6) is 5.75 Å². The molecule has 190 valence electrons. The molecule has 1 aromatic rings. The number of ketones is 1. The summed E-state index contributed by atoms with van der Waals surface area (Å²) >= 11 is 0. The first-order valence-electron chi connectivity index (χ1n) is 11.3. The minimum absolute atomic E-state index is 0.0454. The molecule has 3 atom stereocenters. The Balaban J connectivity index is 2.12. The molecule has 1 amide bonds. The van der Waals surface area contributed by atoms with E-state index >= 15 is 0 Å². The van der Waals surface area contributed by atoms with Crippen molar-refractivity contribution < 1.29 is 34.4 Å². The van der Waals surface area contributed by atoms with E-state index in [1.165, 1.54) is 7.11 Å². The minimum atomic E-state index is -1.04. The standard InChI is InChI=1S/C25H33N3O7/c1-27(2)17-8-14(11-35-5)22(31)20-15(17)7-12-6-13(9-18(30)19(12)24(20)33)21(28(3)4)23(32)16(10-29)25(26)34/h8,10,12-13,21,30-32H,6-7,9,11H2,1-5H3,(H2,26,34)/b23-16-/t12?,13?,21-/m0/s1. The van der Waals surface area contributed by atoms with Gasteiger partial charge in [0.2, 0.25) is 0 Å². The first-order valence-corrected chi connectivity index (χ1v) is 11.3. The highest BCUT2D eigenvalue weighted by atomic mass is 16.5. The Labute approximate surface area is 204 Å². The van der Waals surface area contributed by atoms with Crippen LogP contribution in [0.15, 0.2) is 28.7 Å². The zero-order valence-corrected chi connectivity index (χ0v) is 20.7. The zero-order chi connectivity index (χ0) is 26.2. The molecule has 0 spiro atoms. The number of primary amides is 1. The van der Waals surface area contributed by atoms with Gasteiger partial charge in [-0.1, -0.05) is 0 Å². The number of aromatic hydroxyl groups is 1. The van der Waals surface area contributed by atoms with Gasteiger partial charge in [-0.3, -0.25) is 19.3 Å². The summed E-state index contributed by atoms with van der Waals surface area (Å²) < 4.78 is 5.19. The molecule has 0 bridgehead atoms. The summed E-state index contributed by atoms with van der Waals surface area (Å²) in [7, 11) is 8.55. The lowest BCUT2D eigenvalue weighted by atomic mass is 9.67. The third-order valence-electron chi connectivity index (χ3n) is 6.87. The number of fused-ring (bicyclic) bond motifs is 2. The first kappa shape index (κ1) is 26.2. The van der Waals surface area contributed by atoms with E-state index in [1.807, 2.05) is 19.0 Å². The largest absolute Gasteiger partial charge is 0.512 e. The molecular weight excluding hydrogens is 454 g/mol. The number of methoxy groups -OCH3 is 1. The van der Waals surface area contributed by atoms with Gasteiger partial charge in [0.15, 0.2) is 12.1 Å². The van der Waals surface area contributed by atoms with Crippen LogP contribution in [-0.4, -0.2) is 79.5 Å². The number of benzene rings is 1. The number of Topliss-reactive ketones (excluding diaryl/α,β-unsaturated/α-hetero) is 1. The van der Waals surface area contributed by atoms with Gasteiger partial charge < -0.3 is 30.7 Å². The molecule has 2 aliphatic carbocycles. The van der Waals surface area contributed by atoms with Crippen LogP contribution in [0.25, 0.3) is 0 Å². The summed E-state index contributed by atoms with van der Waals surface area (Å²) in [5.41, 5.74) is 7.08. The summed E-state index contributed by atoms with van der Waals surface area (Å²) in [5.74, 6) is -3.01. The fourth-order valence-electron chi connectivity index (χ4n) is 5.45. The molecule has 0 fully saturated rings. The van der Waals surface area contributed by atoms with Gasteiger partial charge in [0.1, 0.15) is 17.1 Å². The number of aliphatic hydroxyl groups is 2. The van der Waals surface area contributed by atoms with E-state index in [-0.39, 0.29) is 47.9 Å². The number of likely N-dealkylation sites (N-methyl/N-ethyl adjacent to an activating group) is 1. The summed E-state index contributed by atoms with van der Waals surface area (Å²) in [6.45, 7) is 0.124. The predicted octanol–water partition coefficient (Wildman–Crippen LogP) is 1.61. The van der Waals surface area contributed by atoms with Gasteiger partial charge in [-0.25, -0.2) is 0 Å². The van der Waals surface area contributed by atoms with Crippen molar-refractivity contribution in [1.29, 1.82) is 0 Å².